The summed E-state index contributed by atoms with van der Waals surface area (Å²) in [6.07, 6.45) is 2.75. The molecule has 1 aromatic carbocycles. The number of benzene rings is 1. The average Bonchev–Trinajstić information content (AvgIpc) is 2.98. The van der Waals surface area contributed by atoms with Crippen LogP contribution in [-0.2, 0) is 4.74 Å². The SMILES string of the molecule is Brc1ccc2[nH]c3c(NCCC[NH+]4CCOCC4)ncnc3c2c1. The van der Waals surface area contributed by atoms with Crippen LogP contribution < -0.4 is 10.2 Å². The van der Waals surface area contributed by atoms with Crippen molar-refractivity contribution in [2.24, 2.45) is 0 Å². The van der Waals surface area contributed by atoms with Gasteiger partial charge in [-0.3, -0.25) is 0 Å². The van der Waals surface area contributed by atoms with E-state index in [-0.39, 0.29) is 0 Å². The zero-order valence-corrected chi connectivity index (χ0v) is 15.0. The number of ether oxygens (including phenoxy) is 1. The van der Waals surface area contributed by atoms with Crippen molar-refractivity contribution in [2.75, 3.05) is 44.7 Å². The highest BCUT2D eigenvalue weighted by Crippen LogP contribution is 2.29. The highest BCUT2D eigenvalue weighted by Gasteiger charge is 2.14. The molecule has 0 amide bonds. The Hall–Kier alpha value is -1.70. The summed E-state index contributed by atoms with van der Waals surface area (Å²) < 4.78 is 6.45. The smallest absolute Gasteiger partial charge is 0.153 e. The summed E-state index contributed by atoms with van der Waals surface area (Å²) in [5, 5.41) is 4.58. The van der Waals surface area contributed by atoms with E-state index < -0.39 is 0 Å². The number of nitrogens with one attached hydrogen (secondary N) is 3. The number of fused-ring (bicyclic) bond motifs is 3. The lowest BCUT2D eigenvalue weighted by molar-refractivity contribution is -0.908. The van der Waals surface area contributed by atoms with Gasteiger partial charge in [-0.15, -0.1) is 0 Å². The zero-order chi connectivity index (χ0) is 16.4. The third kappa shape index (κ3) is 3.24. The molecule has 24 heavy (non-hydrogen) atoms. The van der Waals surface area contributed by atoms with Crippen molar-refractivity contribution in [1.29, 1.82) is 0 Å². The largest absolute Gasteiger partial charge is 0.370 e. The van der Waals surface area contributed by atoms with Crippen molar-refractivity contribution < 1.29 is 9.64 Å². The van der Waals surface area contributed by atoms with E-state index in [4.69, 9.17) is 4.74 Å². The van der Waals surface area contributed by atoms with E-state index in [2.05, 4.69) is 48.3 Å². The molecule has 1 aliphatic rings. The molecule has 2 aromatic heterocycles. The summed E-state index contributed by atoms with van der Waals surface area (Å²) >= 11 is 3.53. The second kappa shape index (κ2) is 7.04. The Bertz CT molecular complexity index is 843. The van der Waals surface area contributed by atoms with Gasteiger partial charge in [0.05, 0.1) is 19.8 Å². The Morgan fingerprint density at radius 2 is 2.12 bits per heavy atom. The van der Waals surface area contributed by atoms with Crippen LogP contribution in [0.25, 0.3) is 21.9 Å². The van der Waals surface area contributed by atoms with E-state index in [0.29, 0.717) is 0 Å². The molecule has 3 N–H and O–H groups in total. The van der Waals surface area contributed by atoms with Crippen LogP contribution in [-0.4, -0.2) is 54.3 Å². The Morgan fingerprint density at radius 3 is 3.00 bits per heavy atom. The van der Waals surface area contributed by atoms with Crippen LogP contribution in [0.2, 0.25) is 0 Å². The minimum Gasteiger partial charge on any atom is -0.370 e. The minimum atomic E-state index is 0.879. The van der Waals surface area contributed by atoms with Crippen LogP contribution in [0.5, 0.6) is 0 Å². The van der Waals surface area contributed by atoms with Crippen molar-refractivity contribution in [3.8, 4) is 0 Å². The molecule has 0 aliphatic carbocycles. The quantitative estimate of drug-likeness (QED) is 0.578. The maximum atomic E-state index is 5.40. The summed E-state index contributed by atoms with van der Waals surface area (Å²) in [5.41, 5.74) is 3.02. The maximum Gasteiger partial charge on any atom is 0.153 e. The van der Waals surface area contributed by atoms with Gasteiger partial charge in [-0.2, -0.15) is 0 Å². The molecule has 1 saturated heterocycles. The molecule has 0 atom stereocenters. The Balaban J connectivity index is 1.46. The summed E-state index contributed by atoms with van der Waals surface area (Å²) in [7, 11) is 0. The van der Waals surface area contributed by atoms with Crippen LogP contribution in [0.15, 0.2) is 29.0 Å². The summed E-state index contributed by atoms with van der Waals surface area (Å²) in [6, 6.07) is 6.18. The maximum absolute atomic E-state index is 5.40. The van der Waals surface area contributed by atoms with Gasteiger partial charge in [0, 0.05) is 28.3 Å². The molecule has 126 valence electrons. The molecular formula is C17H21BrN5O+. The molecule has 3 aromatic rings. The van der Waals surface area contributed by atoms with E-state index in [1.54, 1.807) is 11.2 Å². The van der Waals surface area contributed by atoms with E-state index in [0.717, 1.165) is 71.5 Å². The lowest BCUT2D eigenvalue weighted by Gasteiger charge is -2.23. The van der Waals surface area contributed by atoms with Gasteiger partial charge < -0.3 is 19.9 Å². The molecule has 4 rings (SSSR count). The van der Waals surface area contributed by atoms with Gasteiger partial charge >= 0.3 is 0 Å². The van der Waals surface area contributed by atoms with Gasteiger partial charge in [0.1, 0.15) is 30.5 Å². The monoisotopic (exact) mass is 390 g/mol. The van der Waals surface area contributed by atoms with Crippen molar-refractivity contribution in [3.05, 3.63) is 29.0 Å². The first-order valence-electron chi connectivity index (χ1n) is 8.38. The fourth-order valence-corrected chi connectivity index (χ4v) is 3.61. The van der Waals surface area contributed by atoms with E-state index >= 15 is 0 Å². The summed E-state index contributed by atoms with van der Waals surface area (Å²) in [5.74, 6) is 0.879. The fourth-order valence-electron chi connectivity index (χ4n) is 3.25. The Labute approximate surface area is 148 Å². The van der Waals surface area contributed by atoms with E-state index in [9.17, 15) is 0 Å². The number of halogens is 1. The number of H-pyrrole nitrogens is 1. The number of hydrogen-bond acceptors (Lipinski definition) is 4. The van der Waals surface area contributed by atoms with E-state index in [1.165, 1.54) is 6.54 Å². The number of aromatic nitrogens is 3. The summed E-state index contributed by atoms with van der Waals surface area (Å²) in [4.78, 5) is 13.9. The van der Waals surface area contributed by atoms with Gasteiger partial charge in [-0.1, -0.05) is 15.9 Å². The first-order valence-corrected chi connectivity index (χ1v) is 9.18. The highest BCUT2D eigenvalue weighted by atomic mass is 79.9. The second-order valence-corrected chi connectivity index (χ2v) is 7.07. The molecule has 7 heteroatoms. The number of morpholine rings is 1. The fraction of sp³-hybridized carbons (Fsp3) is 0.412. The predicted octanol–water partition coefficient (Wildman–Crippen LogP) is 1.59. The molecule has 0 unspecified atom stereocenters. The molecule has 0 spiro atoms. The van der Waals surface area contributed by atoms with Crippen molar-refractivity contribution in [2.45, 2.75) is 6.42 Å². The standard InChI is InChI=1S/C17H20BrN5O/c18-12-2-3-14-13(10-12)15-16(22-14)17(21-11-20-15)19-4-1-5-23-6-8-24-9-7-23/h2-3,10-11,22H,1,4-9H2,(H,19,20,21)/p+1. The van der Waals surface area contributed by atoms with Crippen LogP contribution >= 0.6 is 15.9 Å². The topological polar surface area (TPSA) is 67.3 Å². The van der Waals surface area contributed by atoms with Gasteiger partial charge in [0.15, 0.2) is 5.82 Å². The molecular weight excluding hydrogens is 370 g/mol. The molecule has 0 saturated carbocycles. The second-order valence-electron chi connectivity index (χ2n) is 6.15. The minimum absolute atomic E-state index is 0.879. The van der Waals surface area contributed by atoms with Gasteiger partial charge in [0.25, 0.3) is 0 Å². The first kappa shape index (κ1) is 15.8. The predicted molar refractivity (Wildman–Crippen MR) is 98.6 cm³/mol. The van der Waals surface area contributed by atoms with Gasteiger partial charge in [-0.05, 0) is 18.2 Å². The number of hydrogen-bond donors (Lipinski definition) is 3. The number of anilines is 1. The Kier molecular flexibility index (Phi) is 4.64. The van der Waals surface area contributed by atoms with Crippen LogP contribution in [0.3, 0.4) is 0 Å². The number of quaternary nitrogens is 1. The number of rotatable bonds is 5. The van der Waals surface area contributed by atoms with Crippen LogP contribution in [0.1, 0.15) is 6.42 Å². The van der Waals surface area contributed by atoms with E-state index in [1.807, 2.05) is 6.07 Å². The molecule has 1 aliphatic heterocycles. The molecule has 6 nitrogen and oxygen atoms in total. The van der Waals surface area contributed by atoms with Gasteiger partial charge in [-0.25, -0.2) is 9.97 Å². The van der Waals surface area contributed by atoms with Gasteiger partial charge in [0.2, 0.25) is 0 Å². The number of aromatic amines is 1. The average molecular weight is 391 g/mol. The van der Waals surface area contributed by atoms with Crippen molar-refractivity contribution in [3.63, 3.8) is 0 Å². The Morgan fingerprint density at radius 1 is 1.25 bits per heavy atom. The molecule has 0 radical (unpaired) electrons. The lowest BCUT2D eigenvalue weighted by atomic mass is 10.2. The lowest BCUT2D eigenvalue weighted by Crippen LogP contribution is -3.14. The highest BCUT2D eigenvalue weighted by molar-refractivity contribution is 9.10. The molecule has 0 bridgehead atoms. The van der Waals surface area contributed by atoms with Crippen molar-refractivity contribution >= 4 is 43.7 Å². The van der Waals surface area contributed by atoms with Crippen LogP contribution in [0.4, 0.5) is 5.82 Å². The third-order valence-electron chi connectivity index (χ3n) is 4.54. The normalized spacial score (nSPS) is 16.0. The zero-order valence-electron chi connectivity index (χ0n) is 13.4. The van der Waals surface area contributed by atoms with Crippen molar-refractivity contribution in [1.82, 2.24) is 15.0 Å². The number of nitrogens with zero attached hydrogens (tertiary/aromatic N) is 2. The van der Waals surface area contributed by atoms with Crippen LogP contribution in [0, 0.1) is 0 Å². The third-order valence-corrected chi connectivity index (χ3v) is 5.04. The molecule has 1 fully saturated rings. The summed E-state index contributed by atoms with van der Waals surface area (Å²) in [6.45, 7) is 6.10. The first-order chi connectivity index (χ1) is 11.8. The molecule has 3 heterocycles.